The van der Waals surface area contributed by atoms with Crippen molar-refractivity contribution in [3.05, 3.63) is 28.7 Å². The summed E-state index contributed by atoms with van der Waals surface area (Å²) in [5.41, 5.74) is 0. The fourth-order valence-electron chi connectivity index (χ4n) is 1.62. The van der Waals surface area contributed by atoms with Crippen molar-refractivity contribution in [3.8, 4) is 5.75 Å². The normalized spacial score (nSPS) is 19.7. The van der Waals surface area contributed by atoms with Crippen molar-refractivity contribution in [1.82, 2.24) is 0 Å². The number of ketones is 1. The van der Waals surface area contributed by atoms with E-state index in [1.807, 2.05) is 24.3 Å². The third-order valence-corrected chi connectivity index (χ3v) is 3.06. The van der Waals surface area contributed by atoms with Gasteiger partial charge in [0.1, 0.15) is 12.4 Å². The van der Waals surface area contributed by atoms with Crippen LogP contribution in [0.3, 0.4) is 0 Å². The molecule has 4 heteroatoms. The highest BCUT2D eigenvalue weighted by atomic mass is 79.9. The number of ether oxygens (including phenoxy) is 2. The first-order chi connectivity index (χ1) is 7.75. The van der Waals surface area contributed by atoms with Crippen molar-refractivity contribution in [2.45, 2.75) is 6.42 Å². The summed E-state index contributed by atoms with van der Waals surface area (Å²) in [5.74, 6) is 0.853. The van der Waals surface area contributed by atoms with Crippen LogP contribution in [0.1, 0.15) is 6.42 Å². The van der Waals surface area contributed by atoms with Crippen LogP contribution in [0.25, 0.3) is 0 Å². The lowest BCUT2D eigenvalue weighted by atomic mass is 10.0. The van der Waals surface area contributed by atoms with Crippen molar-refractivity contribution < 1.29 is 14.3 Å². The monoisotopic (exact) mass is 284 g/mol. The van der Waals surface area contributed by atoms with E-state index in [9.17, 15) is 4.79 Å². The Kier molecular flexibility index (Phi) is 3.96. The molecule has 0 spiro atoms. The van der Waals surface area contributed by atoms with Gasteiger partial charge in [-0.1, -0.05) is 22.0 Å². The molecular weight excluding hydrogens is 272 g/mol. The molecule has 0 N–H and O–H groups in total. The van der Waals surface area contributed by atoms with E-state index in [1.54, 1.807) is 0 Å². The minimum absolute atomic E-state index is 0.0205. The lowest BCUT2D eigenvalue weighted by Crippen LogP contribution is -2.21. The second-order valence-electron chi connectivity index (χ2n) is 3.77. The molecule has 0 saturated carbocycles. The summed E-state index contributed by atoms with van der Waals surface area (Å²) in [6, 6.07) is 7.48. The molecule has 0 aromatic heterocycles. The number of carbonyl (C=O) groups excluding carboxylic acids is 1. The molecule has 0 radical (unpaired) electrons. The summed E-state index contributed by atoms with van der Waals surface area (Å²) in [7, 11) is 0. The van der Waals surface area contributed by atoms with E-state index in [2.05, 4.69) is 15.9 Å². The SMILES string of the molecule is O=C(COc1cccc(Br)c1)C1CCOC1. The molecule has 86 valence electrons. The third-order valence-electron chi connectivity index (χ3n) is 2.56. The number of halogens is 1. The summed E-state index contributed by atoms with van der Waals surface area (Å²) in [5, 5.41) is 0. The van der Waals surface area contributed by atoms with Gasteiger partial charge in [-0.05, 0) is 24.6 Å². The first-order valence-electron chi connectivity index (χ1n) is 5.24. The molecule has 1 atom stereocenters. The van der Waals surface area contributed by atoms with E-state index in [-0.39, 0.29) is 18.3 Å². The average molecular weight is 285 g/mol. The quantitative estimate of drug-likeness (QED) is 0.852. The van der Waals surface area contributed by atoms with Gasteiger partial charge >= 0.3 is 0 Å². The molecule has 0 aliphatic carbocycles. The minimum Gasteiger partial charge on any atom is -0.486 e. The molecule has 2 rings (SSSR count). The molecule has 3 nitrogen and oxygen atoms in total. The largest absolute Gasteiger partial charge is 0.486 e. The summed E-state index contributed by atoms with van der Waals surface area (Å²) < 4.78 is 11.5. The lowest BCUT2D eigenvalue weighted by Gasteiger charge is -2.08. The number of Topliss-reactive ketones (excluding diaryl/α,β-unsaturated/α-hetero) is 1. The molecule has 1 heterocycles. The third kappa shape index (κ3) is 3.06. The summed E-state index contributed by atoms with van der Waals surface area (Å²) in [4.78, 5) is 11.7. The Morgan fingerprint density at radius 2 is 2.44 bits per heavy atom. The molecule has 1 saturated heterocycles. The van der Waals surface area contributed by atoms with Crippen molar-refractivity contribution in [2.24, 2.45) is 5.92 Å². The van der Waals surface area contributed by atoms with E-state index < -0.39 is 0 Å². The number of benzene rings is 1. The van der Waals surface area contributed by atoms with Crippen LogP contribution >= 0.6 is 15.9 Å². The number of hydrogen-bond donors (Lipinski definition) is 0. The standard InChI is InChI=1S/C12H13BrO3/c13-10-2-1-3-11(6-10)16-8-12(14)9-4-5-15-7-9/h1-3,6,9H,4-5,7-8H2. The number of hydrogen-bond acceptors (Lipinski definition) is 3. The second-order valence-corrected chi connectivity index (χ2v) is 4.69. The van der Waals surface area contributed by atoms with E-state index in [1.165, 1.54) is 0 Å². The highest BCUT2D eigenvalue weighted by Crippen LogP contribution is 2.19. The Hall–Kier alpha value is -0.870. The van der Waals surface area contributed by atoms with E-state index in [0.29, 0.717) is 19.0 Å². The maximum absolute atomic E-state index is 11.7. The van der Waals surface area contributed by atoms with Gasteiger partial charge in [0.15, 0.2) is 5.78 Å². The molecular formula is C12H13BrO3. The van der Waals surface area contributed by atoms with Crippen LogP contribution in [-0.4, -0.2) is 25.6 Å². The van der Waals surface area contributed by atoms with Crippen LogP contribution in [0, 0.1) is 5.92 Å². The van der Waals surface area contributed by atoms with Crippen LogP contribution in [0.2, 0.25) is 0 Å². The maximum Gasteiger partial charge on any atom is 0.175 e. The fourth-order valence-corrected chi connectivity index (χ4v) is 2.00. The maximum atomic E-state index is 11.7. The Balaban J connectivity index is 1.84. The van der Waals surface area contributed by atoms with E-state index in [0.717, 1.165) is 10.9 Å². The molecule has 0 bridgehead atoms. The van der Waals surface area contributed by atoms with Crippen LogP contribution in [0.5, 0.6) is 5.75 Å². The van der Waals surface area contributed by atoms with Crippen molar-refractivity contribution in [3.63, 3.8) is 0 Å². The van der Waals surface area contributed by atoms with Gasteiger partial charge in [0.05, 0.1) is 6.61 Å². The van der Waals surface area contributed by atoms with Crippen molar-refractivity contribution in [1.29, 1.82) is 0 Å². The molecule has 1 aliphatic rings. The van der Waals surface area contributed by atoms with Gasteiger partial charge in [0, 0.05) is 17.0 Å². The average Bonchev–Trinajstić information content (AvgIpc) is 2.79. The summed E-state index contributed by atoms with van der Waals surface area (Å²) in [6.07, 6.45) is 0.820. The van der Waals surface area contributed by atoms with Crippen LogP contribution in [0.15, 0.2) is 28.7 Å². The van der Waals surface area contributed by atoms with E-state index in [4.69, 9.17) is 9.47 Å². The van der Waals surface area contributed by atoms with Gasteiger partial charge in [-0.25, -0.2) is 0 Å². The number of rotatable bonds is 4. The van der Waals surface area contributed by atoms with Gasteiger partial charge in [-0.2, -0.15) is 0 Å². The zero-order chi connectivity index (χ0) is 11.4. The highest BCUT2D eigenvalue weighted by Gasteiger charge is 2.23. The molecule has 0 amide bonds. The Morgan fingerprint density at radius 1 is 1.56 bits per heavy atom. The van der Waals surface area contributed by atoms with Crippen molar-refractivity contribution >= 4 is 21.7 Å². The zero-order valence-corrected chi connectivity index (χ0v) is 10.4. The van der Waals surface area contributed by atoms with E-state index >= 15 is 0 Å². The van der Waals surface area contributed by atoms with Gasteiger partial charge in [-0.15, -0.1) is 0 Å². The Morgan fingerprint density at radius 3 is 3.12 bits per heavy atom. The van der Waals surface area contributed by atoms with Crippen LogP contribution < -0.4 is 4.74 Å². The fraction of sp³-hybridized carbons (Fsp3) is 0.417. The predicted octanol–water partition coefficient (Wildman–Crippen LogP) is 2.43. The highest BCUT2D eigenvalue weighted by molar-refractivity contribution is 9.10. The van der Waals surface area contributed by atoms with Gasteiger partial charge in [0.25, 0.3) is 0 Å². The predicted molar refractivity (Wildman–Crippen MR) is 63.6 cm³/mol. The molecule has 1 fully saturated rings. The lowest BCUT2D eigenvalue weighted by molar-refractivity contribution is -0.124. The van der Waals surface area contributed by atoms with Crippen molar-refractivity contribution in [2.75, 3.05) is 19.8 Å². The molecule has 1 aromatic carbocycles. The molecule has 1 aliphatic heterocycles. The topological polar surface area (TPSA) is 35.5 Å². The zero-order valence-electron chi connectivity index (χ0n) is 8.82. The van der Waals surface area contributed by atoms with Gasteiger partial charge < -0.3 is 9.47 Å². The smallest absolute Gasteiger partial charge is 0.175 e. The molecule has 16 heavy (non-hydrogen) atoms. The first kappa shape index (κ1) is 11.6. The second kappa shape index (κ2) is 5.46. The Labute approximate surface area is 103 Å². The summed E-state index contributed by atoms with van der Waals surface area (Å²) >= 11 is 3.35. The Bertz CT molecular complexity index is 372. The first-order valence-corrected chi connectivity index (χ1v) is 6.04. The van der Waals surface area contributed by atoms with Crippen LogP contribution in [0.4, 0.5) is 0 Å². The van der Waals surface area contributed by atoms with Gasteiger partial charge in [-0.3, -0.25) is 4.79 Å². The molecule has 1 aromatic rings. The van der Waals surface area contributed by atoms with Crippen LogP contribution in [-0.2, 0) is 9.53 Å². The van der Waals surface area contributed by atoms with Gasteiger partial charge in [0.2, 0.25) is 0 Å². The number of carbonyl (C=O) groups is 1. The summed E-state index contributed by atoms with van der Waals surface area (Å²) in [6.45, 7) is 1.36. The molecule has 1 unspecified atom stereocenters. The minimum atomic E-state index is 0.0205.